The van der Waals surface area contributed by atoms with E-state index < -0.39 is 0 Å². The SMILES string of the molecule is CN=C(NCC1CN2CCN1CC2)N1CCC(C)CC1. The molecule has 1 atom stereocenters. The van der Waals surface area contributed by atoms with Crippen molar-refractivity contribution in [3.05, 3.63) is 0 Å². The average molecular weight is 279 g/mol. The fourth-order valence-electron chi connectivity index (χ4n) is 3.68. The van der Waals surface area contributed by atoms with E-state index in [0.29, 0.717) is 6.04 Å². The van der Waals surface area contributed by atoms with E-state index in [9.17, 15) is 0 Å². The van der Waals surface area contributed by atoms with E-state index in [0.717, 1.165) is 31.5 Å². The second kappa shape index (κ2) is 6.31. The number of fused-ring (bicyclic) bond motifs is 3. The molecule has 0 saturated carbocycles. The molecule has 1 unspecified atom stereocenters. The average Bonchev–Trinajstić information content (AvgIpc) is 2.51. The summed E-state index contributed by atoms with van der Waals surface area (Å²) in [6, 6.07) is 0.665. The molecule has 0 aliphatic carbocycles. The van der Waals surface area contributed by atoms with Crippen LogP contribution in [0.4, 0.5) is 0 Å². The lowest BCUT2D eigenvalue weighted by atomic mass is 9.99. The van der Waals surface area contributed by atoms with Gasteiger partial charge < -0.3 is 10.2 Å². The van der Waals surface area contributed by atoms with Gasteiger partial charge in [-0.1, -0.05) is 6.92 Å². The lowest BCUT2D eigenvalue weighted by Gasteiger charge is -2.47. The Labute approximate surface area is 123 Å². The molecule has 0 radical (unpaired) electrons. The molecule has 4 saturated heterocycles. The summed E-state index contributed by atoms with van der Waals surface area (Å²) in [5.41, 5.74) is 0. The van der Waals surface area contributed by atoms with Crippen LogP contribution in [0.25, 0.3) is 0 Å². The summed E-state index contributed by atoms with van der Waals surface area (Å²) in [6.07, 6.45) is 2.59. The molecule has 1 N–H and O–H groups in total. The highest BCUT2D eigenvalue weighted by Gasteiger charge is 2.32. The van der Waals surface area contributed by atoms with Gasteiger partial charge in [-0.2, -0.15) is 0 Å². The zero-order valence-corrected chi connectivity index (χ0v) is 13.0. The second-order valence-electron chi connectivity index (χ2n) is 6.59. The van der Waals surface area contributed by atoms with Crippen molar-refractivity contribution < 1.29 is 0 Å². The number of nitrogens with one attached hydrogen (secondary N) is 1. The van der Waals surface area contributed by atoms with Crippen molar-refractivity contribution in [3.63, 3.8) is 0 Å². The Kier molecular flexibility index (Phi) is 4.46. The molecule has 114 valence electrons. The van der Waals surface area contributed by atoms with Gasteiger partial charge in [0, 0.05) is 65.4 Å². The smallest absolute Gasteiger partial charge is 0.193 e. The van der Waals surface area contributed by atoms with Gasteiger partial charge in [0.05, 0.1) is 0 Å². The van der Waals surface area contributed by atoms with Crippen LogP contribution in [0.1, 0.15) is 19.8 Å². The Morgan fingerprint density at radius 2 is 1.80 bits per heavy atom. The fraction of sp³-hybridized carbons (Fsp3) is 0.933. The van der Waals surface area contributed by atoms with E-state index >= 15 is 0 Å². The van der Waals surface area contributed by atoms with Crippen molar-refractivity contribution in [2.75, 3.05) is 59.4 Å². The first-order chi connectivity index (χ1) is 9.76. The Balaban J connectivity index is 1.49. The predicted octanol–water partition coefficient (Wildman–Crippen LogP) is 0.294. The molecule has 4 aliphatic rings. The Morgan fingerprint density at radius 3 is 2.35 bits per heavy atom. The van der Waals surface area contributed by atoms with Crippen LogP contribution in [0.5, 0.6) is 0 Å². The third kappa shape index (κ3) is 3.09. The summed E-state index contributed by atoms with van der Waals surface area (Å²) in [7, 11) is 1.91. The first-order valence-corrected chi connectivity index (χ1v) is 8.18. The van der Waals surface area contributed by atoms with Gasteiger partial charge in [-0.3, -0.25) is 14.8 Å². The number of aliphatic imine (C=N–C) groups is 1. The maximum atomic E-state index is 4.48. The molecular weight excluding hydrogens is 250 g/mol. The molecule has 5 nitrogen and oxygen atoms in total. The highest BCUT2D eigenvalue weighted by molar-refractivity contribution is 5.80. The van der Waals surface area contributed by atoms with Crippen molar-refractivity contribution in [3.8, 4) is 0 Å². The number of likely N-dealkylation sites (tertiary alicyclic amines) is 1. The zero-order valence-electron chi connectivity index (χ0n) is 13.0. The molecule has 0 spiro atoms. The molecule has 5 heteroatoms. The molecule has 0 amide bonds. The third-order valence-electron chi connectivity index (χ3n) is 5.18. The van der Waals surface area contributed by atoms with Crippen LogP contribution in [-0.2, 0) is 0 Å². The van der Waals surface area contributed by atoms with E-state index in [1.807, 2.05) is 7.05 Å². The molecule has 20 heavy (non-hydrogen) atoms. The van der Waals surface area contributed by atoms with Crippen LogP contribution in [0, 0.1) is 5.92 Å². The topological polar surface area (TPSA) is 34.1 Å². The molecule has 0 aromatic heterocycles. The number of guanidine groups is 1. The standard InChI is InChI=1S/C15H29N5/c1-13-3-5-20(6-4-13)15(16-2)17-11-14-12-18-7-9-19(14)10-8-18/h13-14H,3-12H2,1-2H3,(H,16,17). The number of nitrogens with zero attached hydrogens (tertiary/aromatic N) is 4. The molecule has 0 aromatic carbocycles. The number of piperazine rings is 3. The summed E-state index contributed by atoms with van der Waals surface area (Å²) in [6.45, 7) is 11.9. The minimum atomic E-state index is 0.665. The Bertz CT molecular complexity index is 340. The van der Waals surface area contributed by atoms with Crippen LogP contribution in [-0.4, -0.2) is 86.1 Å². The van der Waals surface area contributed by atoms with Crippen LogP contribution < -0.4 is 5.32 Å². The van der Waals surface area contributed by atoms with E-state index in [1.165, 1.54) is 45.6 Å². The molecule has 2 bridgehead atoms. The molecule has 4 heterocycles. The molecule has 4 rings (SSSR count). The minimum Gasteiger partial charge on any atom is -0.355 e. The Morgan fingerprint density at radius 1 is 1.10 bits per heavy atom. The maximum Gasteiger partial charge on any atom is 0.193 e. The lowest BCUT2D eigenvalue weighted by molar-refractivity contribution is 0.0151. The maximum absolute atomic E-state index is 4.48. The van der Waals surface area contributed by atoms with Crippen LogP contribution >= 0.6 is 0 Å². The number of piperidine rings is 1. The van der Waals surface area contributed by atoms with Gasteiger partial charge in [-0.05, 0) is 18.8 Å². The van der Waals surface area contributed by atoms with Crippen molar-refractivity contribution in [2.24, 2.45) is 10.9 Å². The van der Waals surface area contributed by atoms with Gasteiger partial charge in [0.15, 0.2) is 5.96 Å². The number of hydrogen-bond acceptors (Lipinski definition) is 3. The molecule has 0 aromatic rings. The molecular formula is C15H29N5. The molecule has 4 aliphatic heterocycles. The van der Waals surface area contributed by atoms with Crippen LogP contribution in [0.3, 0.4) is 0 Å². The first kappa shape index (κ1) is 14.1. The van der Waals surface area contributed by atoms with Crippen molar-refractivity contribution in [1.29, 1.82) is 0 Å². The largest absolute Gasteiger partial charge is 0.355 e. The van der Waals surface area contributed by atoms with Gasteiger partial charge in [0.25, 0.3) is 0 Å². The zero-order chi connectivity index (χ0) is 13.9. The monoisotopic (exact) mass is 279 g/mol. The second-order valence-corrected chi connectivity index (χ2v) is 6.59. The summed E-state index contributed by atoms with van der Waals surface area (Å²) < 4.78 is 0. The lowest BCUT2D eigenvalue weighted by Crippen LogP contribution is -2.64. The van der Waals surface area contributed by atoms with Gasteiger partial charge in [-0.25, -0.2) is 0 Å². The quantitative estimate of drug-likeness (QED) is 0.582. The van der Waals surface area contributed by atoms with Crippen LogP contribution in [0.2, 0.25) is 0 Å². The van der Waals surface area contributed by atoms with Gasteiger partial charge >= 0.3 is 0 Å². The highest BCUT2D eigenvalue weighted by atomic mass is 15.4. The predicted molar refractivity (Wildman–Crippen MR) is 83.1 cm³/mol. The summed E-state index contributed by atoms with van der Waals surface area (Å²) in [5.74, 6) is 1.98. The van der Waals surface area contributed by atoms with Crippen molar-refractivity contribution in [1.82, 2.24) is 20.0 Å². The third-order valence-corrected chi connectivity index (χ3v) is 5.18. The minimum absolute atomic E-state index is 0.665. The summed E-state index contributed by atoms with van der Waals surface area (Å²) in [4.78, 5) is 12.1. The normalized spacial score (nSPS) is 35.4. The summed E-state index contributed by atoms with van der Waals surface area (Å²) >= 11 is 0. The van der Waals surface area contributed by atoms with E-state index in [2.05, 4.69) is 31.9 Å². The van der Waals surface area contributed by atoms with Crippen LogP contribution in [0.15, 0.2) is 4.99 Å². The van der Waals surface area contributed by atoms with Gasteiger partial charge in [-0.15, -0.1) is 0 Å². The Hall–Kier alpha value is -0.810. The van der Waals surface area contributed by atoms with Crippen molar-refractivity contribution in [2.45, 2.75) is 25.8 Å². The fourth-order valence-corrected chi connectivity index (χ4v) is 3.68. The first-order valence-electron chi connectivity index (χ1n) is 8.18. The molecule has 4 fully saturated rings. The summed E-state index contributed by atoms with van der Waals surface area (Å²) in [5, 5.41) is 3.62. The highest BCUT2D eigenvalue weighted by Crippen LogP contribution is 2.17. The van der Waals surface area contributed by atoms with E-state index in [1.54, 1.807) is 0 Å². The van der Waals surface area contributed by atoms with Crippen molar-refractivity contribution >= 4 is 5.96 Å². The number of hydrogen-bond donors (Lipinski definition) is 1. The van der Waals surface area contributed by atoms with Gasteiger partial charge in [0.1, 0.15) is 0 Å². The number of rotatable bonds is 2. The van der Waals surface area contributed by atoms with Gasteiger partial charge in [0.2, 0.25) is 0 Å². The van der Waals surface area contributed by atoms with E-state index in [4.69, 9.17) is 0 Å². The van der Waals surface area contributed by atoms with E-state index in [-0.39, 0.29) is 0 Å².